The number of aromatic nitrogens is 2. The molecule has 0 fully saturated rings. The van der Waals surface area contributed by atoms with Gasteiger partial charge in [-0.05, 0) is 13.0 Å². The minimum atomic E-state index is -1.11. The highest BCUT2D eigenvalue weighted by molar-refractivity contribution is 6.04. The fourth-order valence-corrected chi connectivity index (χ4v) is 2.60. The number of carbonyl (C=O) groups excluding carboxylic acids is 1. The van der Waals surface area contributed by atoms with Crippen molar-refractivity contribution in [3.63, 3.8) is 0 Å². The third-order valence-electron chi connectivity index (χ3n) is 3.65. The lowest BCUT2D eigenvalue weighted by molar-refractivity contribution is -0.119. The van der Waals surface area contributed by atoms with E-state index in [9.17, 15) is 13.6 Å². The average Bonchev–Trinajstić information content (AvgIpc) is 2.97. The van der Waals surface area contributed by atoms with Gasteiger partial charge in [0.1, 0.15) is 23.5 Å². The van der Waals surface area contributed by atoms with Gasteiger partial charge in [0.2, 0.25) is 5.91 Å². The van der Waals surface area contributed by atoms with Gasteiger partial charge in [-0.2, -0.15) is 0 Å². The molecular formula is C14H14F2N4O. The lowest BCUT2D eigenvalue weighted by Crippen LogP contribution is -2.32. The van der Waals surface area contributed by atoms with E-state index in [0.29, 0.717) is 12.4 Å². The fraction of sp³-hybridized carbons (Fsp3) is 0.286. The van der Waals surface area contributed by atoms with Crippen molar-refractivity contribution in [1.29, 1.82) is 0 Å². The summed E-state index contributed by atoms with van der Waals surface area (Å²) in [6, 6.07) is 0.760. The Morgan fingerprint density at radius 1 is 1.38 bits per heavy atom. The molecule has 0 saturated carbocycles. The van der Waals surface area contributed by atoms with E-state index in [4.69, 9.17) is 5.73 Å². The zero-order chi connectivity index (χ0) is 15.1. The van der Waals surface area contributed by atoms with Crippen molar-refractivity contribution in [2.75, 3.05) is 4.90 Å². The van der Waals surface area contributed by atoms with Crippen LogP contribution in [0, 0.1) is 11.6 Å². The fourth-order valence-electron chi connectivity index (χ4n) is 2.60. The van der Waals surface area contributed by atoms with Gasteiger partial charge < -0.3 is 15.2 Å². The van der Waals surface area contributed by atoms with Gasteiger partial charge in [-0.15, -0.1) is 0 Å². The molecule has 0 saturated heterocycles. The minimum absolute atomic E-state index is 0.0380. The highest BCUT2D eigenvalue weighted by atomic mass is 19.1. The number of imidazole rings is 1. The van der Waals surface area contributed by atoms with E-state index in [1.807, 2.05) is 11.5 Å². The molecule has 0 bridgehead atoms. The van der Waals surface area contributed by atoms with Crippen LogP contribution in [0.25, 0.3) is 0 Å². The Morgan fingerprint density at radius 3 is 2.86 bits per heavy atom. The maximum absolute atomic E-state index is 13.9. The van der Waals surface area contributed by atoms with Gasteiger partial charge in [0.15, 0.2) is 0 Å². The van der Waals surface area contributed by atoms with Crippen molar-refractivity contribution in [3.8, 4) is 0 Å². The van der Waals surface area contributed by atoms with E-state index in [1.54, 1.807) is 12.4 Å². The number of aryl methyl sites for hydroxylation is 1. The van der Waals surface area contributed by atoms with Gasteiger partial charge in [-0.3, -0.25) is 4.79 Å². The minimum Gasteiger partial charge on any atom is -0.334 e. The molecule has 0 aliphatic carbocycles. The number of carbonyl (C=O) groups is 1. The Morgan fingerprint density at radius 2 is 2.14 bits per heavy atom. The van der Waals surface area contributed by atoms with Crippen molar-refractivity contribution >= 4 is 11.6 Å². The SMILES string of the molecule is CCn1ccnc1CN1C(=O)C(N)c2c(F)cc(F)cc21. The monoisotopic (exact) mass is 292 g/mol. The number of amides is 1. The van der Waals surface area contributed by atoms with Gasteiger partial charge >= 0.3 is 0 Å². The van der Waals surface area contributed by atoms with Crippen molar-refractivity contribution in [3.05, 3.63) is 47.5 Å². The summed E-state index contributed by atoms with van der Waals surface area (Å²) in [5, 5.41) is 0. The summed E-state index contributed by atoms with van der Waals surface area (Å²) in [6.07, 6.45) is 3.40. The quantitative estimate of drug-likeness (QED) is 0.937. The molecule has 110 valence electrons. The molecule has 5 nitrogen and oxygen atoms in total. The molecule has 1 atom stereocenters. The first-order valence-corrected chi connectivity index (χ1v) is 6.58. The number of rotatable bonds is 3. The number of nitrogens with two attached hydrogens (primary N) is 1. The van der Waals surface area contributed by atoms with E-state index in [-0.39, 0.29) is 17.8 Å². The van der Waals surface area contributed by atoms with Crippen LogP contribution in [0.3, 0.4) is 0 Å². The summed E-state index contributed by atoms with van der Waals surface area (Å²) in [6.45, 7) is 2.76. The van der Waals surface area contributed by atoms with Crippen LogP contribution in [0.1, 0.15) is 24.4 Å². The van der Waals surface area contributed by atoms with Gasteiger partial charge in [-0.25, -0.2) is 13.8 Å². The van der Waals surface area contributed by atoms with E-state index in [1.165, 1.54) is 4.90 Å². The molecule has 21 heavy (non-hydrogen) atoms. The number of benzene rings is 1. The molecule has 1 aromatic carbocycles. The Labute approximate surface area is 120 Å². The topological polar surface area (TPSA) is 64.2 Å². The first kappa shape index (κ1) is 13.7. The second-order valence-electron chi connectivity index (χ2n) is 4.85. The predicted molar refractivity (Wildman–Crippen MR) is 72.4 cm³/mol. The van der Waals surface area contributed by atoms with Crippen LogP contribution < -0.4 is 10.6 Å². The third-order valence-corrected chi connectivity index (χ3v) is 3.65. The summed E-state index contributed by atoms with van der Waals surface area (Å²) in [5.74, 6) is -1.36. The van der Waals surface area contributed by atoms with Crippen LogP contribution in [0.2, 0.25) is 0 Å². The summed E-state index contributed by atoms with van der Waals surface area (Å²) in [5.41, 5.74) is 5.96. The van der Waals surface area contributed by atoms with Crippen molar-refractivity contribution < 1.29 is 13.6 Å². The standard InChI is InChI=1S/C14H14F2N4O/c1-2-19-4-3-18-11(19)7-20-10-6-8(15)5-9(16)12(10)13(17)14(20)21/h3-6,13H,2,7,17H2,1H3. The Bertz CT molecular complexity index is 713. The highest BCUT2D eigenvalue weighted by Gasteiger charge is 2.38. The van der Waals surface area contributed by atoms with E-state index >= 15 is 0 Å². The number of hydrogen-bond donors (Lipinski definition) is 1. The summed E-state index contributed by atoms with van der Waals surface area (Å²) in [7, 11) is 0. The van der Waals surface area contributed by atoms with E-state index in [0.717, 1.165) is 12.1 Å². The zero-order valence-electron chi connectivity index (χ0n) is 11.4. The van der Waals surface area contributed by atoms with Crippen LogP contribution in [-0.2, 0) is 17.9 Å². The Kier molecular flexibility index (Phi) is 3.21. The normalized spacial score (nSPS) is 17.4. The van der Waals surface area contributed by atoms with Crippen molar-refractivity contribution in [2.24, 2.45) is 5.73 Å². The maximum atomic E-state index is 13.9. The number of halogens is 2. The second-order valence-corrected chi connectivity index (χ2v) is 4.85. The highest BCUT2D eigenvalue weighted by Crippen LogP contribution is 2.37. The van der Waals surface area contributed by atoms with Crippen LogP contribution in [0.15, 0.2) is 24.5 Å². The molecule has 2 heterocycles. The van der Waals surface area contributed by atoms with Gasteiger partial charge in [0, 0.05) is 30.6 Å². The molecule has 0 spiro atoms. The van der Waals surface area contributed by atoms with Gasteiger partial charge in [-0.1, -0.05) is 0 Å². The predicted octanol–water partition coefficient (Wildman–Crippen LogP) is 1.73. The maximum Gasteiger partial charge on any atom is 0.249 e. The largest absolute Gasteiger partial charge is 0.334 e. The molecule has 3 rings (SSSR count). The molecule has 1 aromatic heterocycles. The number of anilines is 1. The van der Waals surface area contributed by atoms with Crippen molar-refractivity contribution in [1.82, 2.24) is 9.55 Å². The molecule has 7 heteroatoms. The smallest absolute Gasteiger partial charge is 0.249 e. The molecule has 1 aliphatic rings. The van der Waals surface area contributed by atoms with Gasteiger partial charge in [0.05, 0.1) is 12.2 Å². The lowest BCUT2D eigenvalue weighted by atomic mass is 10.1. The van der Waals surface area contributed by atoms with E-state index in [2.05, 4.69) is 4.98 Å². The van der Waals surface area contributed by atoms with Crippen LogP contribution in [-0.4, -0.2) is 15.5 Å². The first-order valence-electron chi connectivity index (χ1n) is 6.58. The Hall–Kier alpha value is -2.28. The first-order chi connectivity index (χ1) is 10.0. The number of nitrogens with zero attached hydrogens (tertiary/aromatic N) is 3. The van der Waals surface area contributed by atoms with Crippen LogP contribution in [0.4, 0.5) is 14.5 Å². The third kappa shape index (κ3) is 2.09. The van der Waals surface area contributed by atoms with Crippen LogP contribution >= 0.6 is 0 Å². The van der Waals surface area contributed by atoms with Crippen LogP contribution in [0.5, 0.6) is 0 Å². The molecule has 1 unspecified atom stereocenters. The van der Waals surface area contributed by atoms with Gasteiger partial charge in [0.25, 0.3) is 0 Å². The molecule has 2 aromatic rings. The number of fused-ring (bicyclic) bond motifs is 1. The summed E-state index contributed by atoms with van der Waals surface area (Å²) >= 11 is 0. The summed E-state index contributed by atoms with van der Waals surface area (Å²) < 4.78 is 29.1. The molecule has 1 amide bonds. The molecule has 0 radical (unpaired) electrons. The zero-order valence-corrected chi connectivity index (χ0v) is 11.4. The summed E-state index contributed by atoms with van der Waals surface area (Å²) in [4.78, 5) is 17.7. The van der Waals surface area contributed by atoms with E-state index < -0.39 is 23.6 Å². The average molecular weight is 292 g/mol. The molecule has 1 aliphatic heterocycles. The number of hydrogen-bond acceptors (Lipinski definition) is 3. The van der Waals surface area contributed by atoms with Crippen molar-refractivity contribution in [2.45, 2.75) is 26.1 Å². The molecule has 2 N–H and O–H groups in total. The Balaban J connectivity index is 2.03. The lowest BCUT2D eigenvalue weighted by Gasteiger charge is -2.18. The molecular weight excluding hydrogens is 278 g/mol. The second kappa shape index (κ2) is 4.92.